The van der Waals surface area contributed by atoms with Crippen LogP contribution in [0, 0.1) is 0 Å². The second-order valence-electron chi connectivity index (χ2n) is 3.00. The van der Waals surface area contributed by atoms with Gasteiger partial charge in [-0.2, -0.15) is 0 Å². The number of hydrogen-bond acceptors (Lipinski definition) is 4. The molecular formula is C10H14O3S2. The number of methoxy groups -OCH3 is 1. The minimum atomic E-state index is -0.841. The lowest BCUT2D eigenvalue weighted by atomic mass is 10.4. The molecule has 0 atom stereocenters. The lowest BCUT2D eigenvalue weighted by Crippen LogP contribution is -1.90. The van der Waals surface area contributed by atoms with Crippen LogP contribution in [0.4, 0.5) is 0 Å². The van der Waals surface area contributed by atoms with Crippen LogP contribution in [-0.4, -0.2) is 30.5 Å². The highest BCUT2D eigenvalue weighted by molar-refractivity contribution is 7.99. The standard InChI is InChI=1S/C10H14O3S2/c1-13-4-2-3-5-14-8-6-9(10(11)12)15-7-8/h6-7H,2-5H2,1H3,(H,11,12). The molecule has 0 radical (unpaired) electrons. The van der Waals surface area contributed by atoms with Gasteiger partial charge in [-0.05, 0) is 24.7 Å². The van der Waals surface area contributed by atoms with E-state index < -0.39 is 5.97 Å². The van der Waals surface area contributed by atoms with Crippen LogP contribution < -0.4 is 0 Å². The van der Waals surface area contributed by atoms with Crippen molar-refractivity contribution in [3.05, 3.63) is 16.3 Å². The maximum Gasteiger partial charge on any atom is 0.345 e. The van der Waals surface area contributed by atoms with Crippen molar-refractivity contribution >= 4 is 29.1 Å². The number of carboxylic acids is 1. The summed E-state index contributed by atoms with van der Waals surface area (Å²) in [5.74, 6) is 0.172. The van der Waals surface area contributed by atoms with Crippen molar-refractivity contribution in [3.63, 3.8) is 0 Å². The van der Waals surface area contributed by atoms with Crippen LogP contribution in [-0.2, 0) is 4.74 Å². The number of carbonyl (C=O) groups is 1. The molecule has 0 bridgehead atoms. The number of unbranched alkanes of at least 4 members (excludes halogenated alkanes) is 1. The molecule has 5 heteroatoms. The Balaban J connectivity index is 2.23. The largest absolute Gasteiger partial charge is 0.477 e. The molecule has 0 spiro atoms. The number of ether oxygens (including phenoxy) is 1. The molecule has 0 amide bonds. The minimum Gasteiger partial charge on any atom is -0.477 e. The molecule has 84 valence electrons. The molecular weight excluding hydrogens is 232 g/mol. The molecule has 1 rings (SSSR count). The SMILES string of the molecule is COCCCCSc1csc(C(=O)O)c1. The van der Waals surface area contributed by atoms with Crippen molar-refractivity contribution in [2.24, 2.45) is 0 Å². The molecule has 3 nitrogen and oxygen atoms in total. The Kier molecular flexibility index (Phi) is 5.75. The molecule has 15 heavy (non-hydrogen) atoms. The van der Waals surface area contributed by atoms with Crippen LogP contribution in [0.3, 0.4) is 0 Å². The highest BCUT2D eigenvalue weighted by Gasteiger charge is 2.06. The molecule has 0 aliphatic carbocycles. The minimum absolute atomic E-state index is 0.411. The van der Waals surface area contributed by atoms with Crippen molar-refractivity contribution in [2.75, 3.05) is 19.5 Å². The topological polar surface area (TPSA) is 46.5 Å². The van der Waals surface area contributed by atoms with Gasteiger partial charge >= 0.3 is 5.97 Å². The summed E-state index contributed by atoms with van der Waals surface area (Å²) >= 11 is 2.98. The van der Waals surface area contributed by atoms with Gasteiger partial charge in [0, 0.05) is 24.0 Å². The fraction of sp³-hybridized carbons (Fsp3) is 0.500. The zero-order valence-corrected chi connectivity index (χ0v) is 10.2. The Hall–Kier alpha value is -0.520. The molecule has 1 N–H and O–H groups in total. The molecule has 0 unspecified atom stereocenters. The number of thioether (sulfide) groups is 1. The van der Waals surface area contributed by atoms with E-state index in [1.165, 1.54) is 11.3 Å². The first kappa shape index (κ1) is 12.5. The molecule has 0 aromatic carbocycles. The van der Waals surface area contributed by atoms with Crippen LogP contribution >= 0.6 is 23.1 Å². The summed E-state index contributed by atoms with van der Waals surface area (Å²) in [6.07, 6.45) is 2.15. The fourth-order valence-corrected chi connectivity index (χ4v) is 2.93. The van der Waals surface area contributed by atoms with Gasteiger partial charge in [0.05, 0.1) is 0 Å². The maximum atomic E-state index is 10.6. The molecule has 0 saturated heterocycles. The molecule has 0 fully saturated rings. The highest BCUT2D eigenvalue weighted by Crippen LogP contribution is 2.25. The molecule has 0 aliphatic rings. The van der Waals surface area contributed by atoms with Crippen LogP contribution in [0.25, 0.3) is 0 Å². The monoisotopic (exact) mass is 246 g/mol. The summed E-state index contributed by atoms with van der Waals surface area (Å²) < 4.78 is 4.94. The lowest BCUT2D eigenvalue weighted by Gasteiger charge is -1.98. The molecule has 0 saturated carbocycles. The third-order valence-electron chi connectivity index (χ3n) is 1.80. The van der Waals surface area contributed by atoms with Crippen molar-refractivity contribution in [1.29, 1.82) is 0 Å². The Labute approximate surface area is 97.5 Å². The zero-order chi connectivity index (χ0) is 11.1. The maximum absolute atomic E-state index is 10.6. The van der Waals surface area contributed by atoms with Crippen molar-refractivity contribution in [1.82, 2.24) is 0 Å². The van der Waals surface area contributed by atoms with E-state index >= 15 is 0 Å². The summed E-state index contributed by atoms with van der Waals surface area (Å²) in [5, 5.41) is 10.6. The highest BCUT2D eigenvalue weighted by atomic mass is 32.2. The van der Waals surface area contributed by atoms with Gasteiger partial charge in [-0.3, -0.25) is 0 Å². The first-order valence-corrected chi connectivity index (χ1v) is 6.54. The normalized spacial score (nSPS) is 10.5. The predicted octanol–water partition coefficient (Wildman–Crippen LogP) is 2.97. The van der Waals surface area contributed by atoms with Gasteiger partial charge in [0.25, 0.3) is 0 Å². The first-order valence-electron chi connectivity index (χ1n) is 4.67. The van der Waals surface area contributed by atoms with E-state index in [9.17, 15) is 4.79 Å². The predicted molar refractivity (Wildman–Crippen MR) is 63.1 cm³/mol. The van der Waals surface area contributed by atoms with Gasteiger partial charge in [0.2, 0.25) is 0 Å². The summed E-state index contributed by atoms with van der Waals surface area (Å²) in [4.78, 5) is 12.1. The molecule has 1 aromatic rings. The molecule has 1 aromatic heterocycles. The van der Waals surface area contributed by atoms with Gasteiger partial charge in [-0.1, -0.05) is 0 Å². The van der Waals surface area contributed by atoms with Crippen LogP contribution in [0.1, 0.15) is 22.5 Å². The number of thiophene rings is 1. The van der Waals surface area contributed by atoms with Gasteiger partial charge < -0.3 is 9.84 Å². The second kappa shape index (κ2) is 6.87. The van der Waals surface area contributed by atoms with E-state index in [1.54, 1.807) is 24.9 Å². The van der Waals surface area contributed by atoms with E-state index in [-0.39, 0.29) is 0 Å². The van der Waals surface area contributed by atoms with Crippen molar-refractivity contribution in [3.8, 4) is 0 Å². The molecule has 1 heterocycles. The summed E-state index contributed by atoms with van der Waals surface area (Å²) in [6.45, 7) is 0.796. The number of rotatable bonds is 7. The van der Waals surface area contributed by atoms with Gasteiger partial charge in [-0.25, -0.2) is 4.79 Å². The Morgan fingerprint density at radius 3 is 3.00 bits per heavy atom. The number of carboxylic acid groups (broad SMARTS) is 1. The van der Waals surface area contributed by atoms with E-state index in [2.05, 4.69) is 0 Å². The number of hydrogen-bond donors (Lipinski definition) is 1. The van der Waals surface area contributed by atoms with E-state index in [4.69, 9.17) is 9.84 Å². The van der Waals surface area contributed by atoms with E-state index in [1.807, 2.05) is 5.38 Å². The van der Waals surface area contributed by atoms with Gasteiger partial charge in [-0.15, -0.1) is 23.1 Å². The van der Waals surface area contributed by atoms with Crippen molar-refractivity contribution < 1.29 is 14.6 Å². The second-order valence-corrected chi connectivity index (χ2v) is 5.08. The Morgan fingerprint density at radius 2 is 2.40 bits per heavy atom. The van der Waals surface area contributed by atoms with E-state index in [0.29, 0.717) is 4.88 Å². The van der Waals surface area contributed by atoms with Crippen LogP contribution in [0.15, 0.2) is 16.3 Å². The molecule has 0 aliphatic heterocycles. The van der Waals surface area contributed by atoms with Crippen molar-refractivity contribution in [2.45, 2.75) is 17.7 Å². The summed E-state index contributed by atoms with van der Waals surface area (Å²) in [5.41, 5.74) is 0. The van der Waals surface area contributed by atoms with Gasteiger partial charge in [0.1, 0.15) is 4.88 Å². The summed E-state index contributed by atoms with van der Waals surface area (Å²) in [7, 11) is 1.70. The zero-order valence-electron chi connectivity index (χ0n) is 8.56. The fourth-order valence-electron chi connectivity index (χ4n) is 1.05. The lowest BCUT2D eigenvalue weighted by molar-refractivity contribution is 0.0702. The number of aromatic carboxylic acids is 1. The van der Waals surface area contributed by atoms with Crippen LogP contribution in [0.5, 0.6) is 0 Å². The Bertz CT molecular complexity index is 309. The smallest absolute Gasteiger partial charge is 0.345 e. The van der Waals surface area contributed by atoms with Gasteiger partial charge in [0.15, 0.2) is 0 Å². The summed E-state index contributed by atoms with van der Waals surface area (Å²) in [6, 6.07) is 1.73. The first-order chi connectivity index (χ1) is 7.24. The van der Waals surface area contributed by atoms with E-state index in [0.717, 1.165) is 30.1 Å². The third-order valence-corrected chi connectivity index (χ3v) is 3.93. The third kappa shape index (κ3) is 4.68. The Morgan fingerprint density at radius 1 is 1.60 bits per heavy atom. The average Bonchev–Trinajstić information content (AvgIpc) is 2.66. The van der Waals surface area contributed by atoms with Crippen LogP contribution in [0.2, 0.25) is 0 Å². The quantitative estimate of drug-likeness (QED) is 0.593. The average molecular weight is 246 g/mol.